The lowest BCUT2D eigenvalue weighted by atomic mass is 10.1. The van der Waals surface area contributed by atoms with E-state index in [-0.39, 0.29) is 18.5 Å². The molecule has 0 saturated carbocycles. The third-order valence-corrected chi connectivity index (χ3v) is 4.02. The van der Waals surface area contributed by atoms with Crippen LogP contribution in [0.5, 0.6) is 0 Å². The Hall–Kier alpha value is -1.44. The van der Waals surface area contributed by atoms with Crippen molar-refractivity contribution in [2.24, 2.45) is 0 Å². The molecule has 0 aliphatic heterocycles. The van der Waals surface area contributed by atoms with Crippen LogP contribution in [0.15, 0.2) is 6.07 Å². The monoisotopic (exact) mass is 285 g/mol. The summed E-state index contributed by atoms with van der Waals surface area (Å²) in [5.74, 6) is -0.612. The van der Waals surface area contributed by atoms with E-state index in [4.69, 9.17) is 5.21 Å². The van der Waals surface area contributed by atoms with Crippen molar-refractivity contribution >= 4 is 23.2 Å². The maximum atomic E-state index is 11.6. The van der Waals surface area contributed by atoms with Crippen LogP contribution in [0.4, 0.5) is 0 Å². The van der Waals surface area contributed by atoms with Gasteiger partial charge in [0.15, 0.2) is 0 Å². The number of amides is 2. The lowest BCUT2D eigenvalue weighted by Gasteiger charge is -2.15. The maximum Gasteiger partial charge on any atom is 0.284 e. The van der Waals surface area contributed by atoms with Crippen molar-refractivity contribution < 1.29 is 14.8 Å². The minimum Gasteiger partial charge on any atom is -0.347 e. The Morgan fingerprint density at radius 2 is 2.16 bits per heavy atom. The van der Waals surface area contributed by atoms with Gasteiger partial charge in [0, 0.05) is 4.88 Å². The number of carbonyl (C=O) groups is 2. The van der Waals surface area contributed by atoms with Gasteiger partial charge < -0.3 is 10.6 Å². The molecule has 1 atom stereocenters. The summed E-state index contributed by atoms with van der Waals surface area (Å²) in [6, 6.07) is 1.74. The summed E-state index contributed by atoms with van der Waals surface area (Å²) in [5, 5.41) is 14.3. The number of hydroxylamine groups is 1. The van der Waals surface area contributed by atoms with Gasteiger partial charge in [-0.1, -0.05) is 6.92 Å². The summed E-state index contributed by atoms with van der Waals surface area (Å²) in [5.41, 5.74) is 2.41. The van der Waals surface area contributed by atoms with Gasteiger partial charge in [0.1, 0.15) is 0 Å². The number of carbonyl (C=O) groups excluding carboxylic acids is 2. The molecular weight excluding hydrogens is 266 g/mol. The fraction of sp³-hybridized carbons (Fsp3) is 0.500. The number of thiophene rings is 1. The summed E-state index contributed by atoms with van der Waals surface area (Å²) in [7, 11) is 1.71. The van der Waals surface area contributed by atoms with Crippen LogP contribution in [0.2, 0.25) is 0 Å². The highest BCUT2D eigenvalue weighted by molar-refractivity contribution is 7.14. The third kappa shape index (κ3) is 4.02. The molecule has 0 aliphatic carbocycles. The van der Waals surface area contributed by atoms with Crippen LogP contribution in [0.25, 0.3) is 0 Å². The second-order valence-electron chi connectivity index (χ2n) is 4.16. The van der Waals surface area contributed by atoms with E-state index >= 15 is 0 Å². The molecule has 0 saturated heterocycles. The molecule has 1 heterocycles. The highest BCUT2D eigenvalue weighted by Gasteiger charge is 2.19. The Kier molecular flexibility index (Phi) is 5.94. The summed E-state index contributed by atoms with van der Waals surface area (Å²) >= 11 is 1.28. The second-order valence-corrected chi connectivity index (χ2v) is 5.24. The first-order chi connectivity index (χ1) is 9.03. The lowest BCUT2D eigenvalue weighted by Crippen LogP contribution is -2.34. The minimum atomic E-state index is -0.523. The number of likely N-dealkylation sites (N-methyl/N-ethyl adjacent to an activating group) is 1. The van der Waals surface area contributed by atoms with Crippen LogP contribution in [0, 0.1) is 6.92 Å². The zero-order valence-corrected chi connectivity index (χ0v) is 12.1. The average molecular weight is 285 g/mol. The molecule has 0 radical (unpaired) electrons. The van der Waals surface area contributed by atoms with Crippen LogP contribution in [0.3, 0.4) is 0 Å². The Labute approximate surface area is 116 Å². The van der Waals surface area contributed by atoms with Gasteiger partial charge in [0.25, 0.3) is 5.91 Å². The van der Waals surface area contributed by atoms with Crippen molar-refractivity contribution in [1.29, 1.82) is 0 Å². The van der Waals surface area contributed by atoms with E-state index in [2.05, 4.69) is 10.6 Å². The fourth-order valence-corrected chi connectivity index (χ4v) is 2.93. The molecule has 106 valence electrons. The standard InChI is InChI=1S/C12H19N3O3S/c1-4-8(14-10(16)6-13-3)9-5-7(2)11(19-9)12(17)15-18/h5,8,13,18H,4,6H2,1-3H3,(H,14,16)(H,15,17)/t8-/m0/s1. The van der Waals surface area contributed by atoms with Gasteiger partial charge in [-0.05, 0) is 32.0 Å². The van der Waals surface area contributed by atoms with E-state index in [1.54, 1.807) is 19.5 Å². The Bertz CT molecular complexity index is 459. The summed E-state index contributed by atoms with van der Waals surface area (Å²) < 4.78 is 0. The summed E-state index contributed by atoms with van der Waals surface area (Å²) in [4.78, 5) is 24.4. The molecule has 0 unspecified atom stereocenters. The third-order valence-electron chi connectivity index (χ3n) is 2.67. The van der Waals surface area contributed by atoms with Crippen molar-refractivity contribution in [1.82, 2.24) is 16.1 Å². The normalized spacial score (nSPS) is 12.0. The molecule has 7 heteroatoms. The molecule has 2 amide bonds. The van der Waals surface area contributed by atoms with Gasteiger partial charge in [-0.2, -0.15) is 0 Å². The van der Waals surface area contributed by atoms with Gasteiger partial charge in [-0.15, -0.1) is 11.3 Å². The first kappa shape index (κ1) is 15.6. The van der Waals surface area contributed by atoms with Crippen LogP contribution in [-0.4, -0.2) is 30.6 Å². The number of aryl methyl sites for hydroxylation is 1. The first-order valence-corrected chi connectivity index (χ1v) is 6.83. The number of nitrogens with one attached hydrogen (secondary N) is 3. The van der Waals surface area contributed by atoms with E-state index in [1.807, 2.05) is 13.0 Å². The largest absolute Gasteiger partial charge is 0.347 e. The zero-order valence-electron chi connectivity index (χ0n) is 11.2. The van der Waals surface area contributed by atoms with Crippen LogP contribution in [-0.2, 0) is 4.79 Å². The quantitative estimate of drug-likeness (QED) is 0.463. The molecule has 1 rings (SSSR count). The predicted molar refractivity (Wildman–Crippen MR) is 73.4 cm³/mol. The maximum absolute atomic E-state index is 11.6. The van der Waals surface area contributed by atoms with Gasteiger partial charge in [-0.3, -0.25) is 14.8 Å². The van der Waals surface area contributed by atoms with E-state index in [0.29, 0.717) is 4.88 Å². The van der Waals surface area contributed by atoms with Crippen molar-refractivity contribution in [3.63, 3.8) is 0 Å². The van der Waals surface area contributed by atoms with Crippen LogP contribution < -0.4 is 16.1 Å². The van der Waals surface area contributed by atoms with Gasteiger partial charge >= 0.3 is 0 Å². The van der Waals surface area contributed by atoms with Crippen molar-refractivity contribution in [2.45, 2.75) is 26.3 Å². The molecule has 6 nitrogen and oxygen atoms in total. The Balaban J connectivity index is 2.87. The van der Waals surface area contributed by atoms with Gasteiger partial charge in [-0.25, -0.2) is 5.48 Å². The van der Waals surface area contributed by atoms with E-state index < -0.39 is 5.91 Å². The van der Waals surface area contributed by atoms with Gasteiger partial charge in [0.2, 0.25) is 5.91 Å². The topological polar surface area (TPSA) is 90.5 Å². The fourth-order valence-electron chi connectivity index (χ4n) is 1.73. The highest BCUT2D eigenvalue weighted by atomic mass is 32.1. The predicted octanol–water partition coefficient (Wildman–Crippen LogP) is 0.962. The van der Waals surface area contributed by atoms with E-state index in [0.717, 1.165) is 16.9 Å². The summed E-state index contributed by atoms with van der Waals surface area (Å²) in [6.07, 6.45) is 0.732. The summed E-state index contributed by atoms with van der Waals surface area (Å²) in [6.45, 7) is 4.02. The van der Waals surface area contributed by atoms with Crippen molar-refractivity contribution in [3.05, 3.63) is 21.4 Å². The molecular formula is C12H19N3O3S. The van der Waals surface area contributed by atoms with Crippen LogP contribution in [0.1, 0.15) is 39.5 Å². The zero-order chi connectivity index (χ0) is 14.4. The molecule has 1 aromatic heterocycles. The van der Waals surface area contributed by atoms with Crippen LogP contribution >= 0.6 is 11.3 Å². The first-order valence-electron chi connectivity index (χ1n) is 6.02. The van der Waals surface area contributed by atoms with Crippen molar-refractivity contribution in [3.8, 4) is 0 Å². The Morgan fingerprint density at radius 1 is 1.47 bits per heavy atom. The number of hydrogen-bond donors (Lipinski definition) is 4. The molecule has 0 fully saturated rings. The molecule has 0 bridgehead atoms. The number of rotatable bonds is 6. The lowest BCUT2D eigenvalue weighted by molar-refractivity contribution is -0.120. The Morgan fingerprint density at radius 3 is 2.68 bits per heavy atom. The minimum absolute atomic E-state index is 0.0893. The average Bonchev–Trinajstić information content (AvgIpc) is 2.77. The molecule has 19 heavy (non-hydrogen) atoms. The molecule has 1 aromatic rings. The highest BCUT2D eigenvalue weighted by Crippen LogP contribution is 2.28. The second kappa shape index (κ2) is 7.22. The number of hydrogen-bond acceptors (Lipinski definition) is 5. The molecule has 0 aromatic carbocycles. The van der Waals surface area contributed by atoms with Gasteiger partial charge in [0.05, 0.1) is 17.5 Å². The van der Waals surface area contributed by atoms with E-state index in [1.165, 1.54) is 11.3 Å². The van der Waals surface area contributed by atoms with Crippen molar-refractivity contribution in [2.75, 3.05) is 13.6 Å². The molecule has 0 aliphatic rings. The van der Waals surface area contributed by atoms with E-state index in [9.17, 15) is 9.59 Å². The molecule has 0 spiro atoms. The smallest absolute Gasteiger partial charge is 0.284 e. The molecule has 4 N–H and O–H groups in total. The SMILES string of the molecule is CC[C@H](NC(=O)CNC)c1cc(C)c(C(=O)NO)s1.